The summed E-state index contributed by atoms with van der Waals surface area (Å²) >= 11 is 0. The highest BCUT2D eigenvalue weighted by molar-refractivity contribution is 6.76. The third-order valence-electron chi connectivity index (χ3n) is 8.85. The van der Waals surface area contributed by atoms with Crippen LogP contribution in [-0.2, 0) is 56.5 Å². The Hall–Kier alpha value is -5.71. The number of benzene rings is 5. The maximum atomic E-state index is 13.7. The summed E-state index contributed by atoms with van der Waals surface area (Å²) in [5.41, 5.74) is 12.3. The summed E-state index contributed by atoms with van der Waals surface area (Å²) in [6, 6.07) is 41.0. The van der Waals surface area contributed by atoms with Crippen molar-refractivity contribution in [3.05, 3.63) is 161 Å². The molecule has 2 atom stereocenters. The Morgan fingerprint density at radius 1 is 0.600 bits per heavy atom. The fourth-order valence-electron chi connectivity index (χ4n) is 5.72. The maximum Gasteiger partial charge on any atom is 0.408 e. The summed E-state index contributed by atoms with van der Waals surface area (Å²) in [6.07, 6.45) is -0.361. The second-order valence-electron chi connectivity index (χ2n) is 14.6. The Labute approximate surface area is 324 Å². The zero-order chi connectivity index (χ0) is 39.0. The first-order valence-corrected chi connectivity index (χ1v) is 22.2. The van der Waals surface area contributed by atoms with Crippen LogP contribution in [0.3, 0.4) is 0 Å². The number of carbonyl (C=O) groups is 3. The number of ether oxygens (including phenoxy) is 4. The molecule has 5 aromatic rings. The van der Waals surface area contributed by atoms with E-state index in [1.807, 2.05) is 133 Å². The summed E-state index contributed by atoms with van der Waals surface area (Å²) in [5, 5.41) is 2.77. The molecule has 10 heteroatoms. The van der Waals surface area contributed by atoms with Crippen molar-refractivity contribution in [1.29, 1.82) is 0 Å². The van der Waals surface area contributed by atoms with Gasteiger partial charge in [0.25, 0.3) is 0 Å². The van der Waals surface area contributed by atoms with E-state index in [0.717, 1.165) is 39.4 Å². The number of alkyl carbamates (subject to hydrolysis) is 1. The van der Waals surface area contributed by atoms with Gasteiger partial charge >= 0.3 is 18.0 Å². The Bertz CT molecular complexity index is 1990. The number of nitrogens with two attached hydrogens (primary N) is 1. The molecule has 9 nitrogen and oxygen atoms in total. The lowest BCUT2D eigenvalue weighted by Crippen LogP contribution is -2.44. The lowest BCUT2D eigenvalue weighted by Gasteiger charge is -2.21. The molecule has 55 heavy (non-hydrogen) atoms. The third-order valence-corrected chi connectivity index (χ3v) is 10.6. The van der Waals surface area contributed by atoms with Gasteiger partial charge in [0.15, 0.2) is 0 Å². The van der Waals surface area contributed by atoms with Crippen LogP contribution in [0.4, 0.5) is 4.79 Å². The van der Waals surface area contributed by atoms with Crippen molar-refractivity contribution in [3.8, 4) is 16.9 Å². The summed E-state index contributed by atoms with van der Waals surface area (Å²) < 4.78 is 23.1. The van der Waals surface area contributed by atoms with Crippen molar-refractivity contribution in [1.82, 2.24) is 5.32 Å². The van der Waals surface area contributed by atoms with Gasteiger partial charge in [-0.15, -0.1) is 0 Å². The third kappa shape index (κ3) is 13.6. The summed E-state index contributed by atoms with van der Waals surface area (Å²) in [6.45, 7) is 7.40. The quantitative estimate of drug-likeness (QED) is 0.0520. The number of esters is 2. The first kappa shape index (κ1) is 40.5. The molecule has 0 heterocycles. The topological polar surface area (TPSA) is 126 Å². The molecule has 0 aliphatic heterocycles. The number of hydrogen-bond donors (Lipinski definition) is 2. The fraction of sp³-hybridized carbons (Fsp3) is 0.267. The number of amides is 1. The summed E-state index contributed by atoms with van der Waals surface area (Å²) in [4.78, 5) is 39.5. The van der Waals surface area contributed by atoms with Crippen LogP contribution in [0.2, 0.25) is 25.7 Å². The van der Waals surface area contributed by atoms with E-state index in [-0.39, 0.29) is 32.7 Å². The molecule has 0 unspecified atom stereocenters. The van der Waals surface area contributed by atoms with Crippen LogP contribution >= 0.6 is 0 Å². The molecule has 0 saturated heterocycles. The normalized spacial score (nSPS) is 12.2. The number of rotatable bonds is 18. The molecule has 0 radical (unpaired) electrons. The molecular formula is C45H50N2O7Si. The highest BCUT2D eigenvalue weighted by Crippen LogP contribution is 2.30. The van der Waals surface area contributed by atoms with Gasteiger partial charge in [-0.05, 0) is 63.5 Å². The average molecular weight is 759 g/mol. The Morgan fingerprint density at radius 3 is 1.78 bits per heavy atom. The Balaban J connectivity index is 1.37. The van der Waals surface area contributed by atoms with E-state index in [9.17, 15) is 14.4 Å². The minimum Gasteiger partial charge on any atom is -0.489 e. The molecule has 0 aliphatic carbocycles. The largest absolute Gasteiger partial charge is 0.489 e. The fourth-order valence-corrected chi connectivity index (χ4v) is 6.44. The van der Waals surface area contributed by atoms with Crippen molar-refractivity contribution >= 4 is 26.1 Å². The van der Waals surface area contributed by atoms with Gasteiger partial charge in [0.05, 0.1) is 6.61 Å². The first-order valence-electron chi connectivity index (χ1n) is 18.5. The zero-order valence-electron chi connectivity index (χ0n) is 31.7. The molecule has 0 spiro atoms. The monoisotopic (exact) mass is 758 g/mol. The van der Waals surface area contributed by atoms with Gasteiger partial charge in [0.2, 0.25) is 0 Å². The molecule has 286 valence electrons. The number of nitrogens with one attached hydrogen (secondary N) is 1. The van der Waals surface area contributed by atoms with E-state index in [1.165, 1.54) is 0 Å². The maximum absolute atomic E-state index is 13.7. The van der Waals surface area contributed by atoms with Crippen molar-refractivity contribution in [3.63, 3.8) is 0 Å². The number of carbonyl (C=O) groups excluding carboxylic acids is 3. The molecule has 5 rings (SSSR count). The first-order chi connectivity index (χ1) is 26.5. The van der Waals surface area contributed by atoms with Crippen LogP contribution in [0.1, 0.15) is 27.8 Å². The molecule has 5 aromatic carbocycles. The summed E-state index contributed by atoms with van der Waals surface area (Å²) in [7, 11) is -1.49. The molecule has 0 aromatic heterocycles. The summed E-state index contributed by atoms with van der Waals surface area (Å²) in [5.74, 6) is -0.468. The number of hydrogen-bond acceptors (Lipinski definition) is 8. The van der Waals surface area contributed by atoms with Crippen LogP contribution in [0.5, 0.6) is 5.75 Å². The average Bonchev–Trinajstić information content (AvgIpc) is 3.19. The second kappa shape index (κ2) is 20.1. The van der Waals surface area contributed by atoms with Crippen molar-refractivity contribution in [2.75, 3.05) is 6.61 Å². The van der Waals surface area contributed by atoms with E-state index in [1.54, 1.807) is 0 Å². The van der Waals surface area contributed by atoms with Crippen LogP contribution < -0.4 is 15.8 Å². The van der Waals surface area contributed by atoms with Crippen molar-refractivity contribution < 1.29 is 33.3 Å². The smallest absolute Gasteiger partial charge is 0.408 e. The van der Waals surface area contributed by atoms with E-state index >= 15 is 0 Å². The minimum atomic E-state index is -1.49. The molecule has 0 bridgehead atoms. The lowest BCUT2D eigenvalue weighted by atomic mass is 9.96. The van der Waals surface area contributed by atoms with Crippen LogP contribution in [0.15, 0.2) is 133 Å². The zero-order valence-corrected chi connectivity index (χ0v) is 32.7. The predicted molar refractivity (Wildman–Crippen MR) is 217 cm³/mol. The Morgan fingerprint density at radius 2 is 1.16 bits per heavy atom. The molecule has 0 fully saturated rings. The Kier molecular flexibility index (Phi) is 14.8. The SMILES string of the molecule is C[Si](C)(C)CCOC(=O)[C@H](Cc1cc(-c2cccc(C[C@H](N)C(=O)OCc3ccccc3)c2)ccc1OCc1ccccc1)NC(=O)OCc1ccccc1. The van der Waals surface area contributed by atoms with E-state index in [2.05, 4.69) is 25.0 Å². The highest BCUT2D eigenvalue weighted by atomic mass is 28.3. The van der Waals surface area contributed by atoms with E-state index < -0.39 is 38.2 Å². The second-order valence-corrected chi connectivity index (χ2v) is 20.3. The van der Waals surface area contributed by atoms with Gasteiger partial charge < -0.3 is 30.0 Å². The van der Waals surface area contributed by atoms with Crippen molar-refractivity contribution in [2.24, 2.45) is 5.73 Å². The lowest BCUT2D eigenvalue weighted by molar-refractivity contribution is -0.147. The van der Waals surface area contributed by atoms with Crippen LogP contribution in [0.25, 0.3) is 11.1 Å². The van der Waals surface area contributed by atoms with Gasteiger partial charge in [-0.3, -0.25) is 4.79 Å². The minimum absolute atomic E-state index is 0.0513. The van der Waals surface area contributed by atoms with Crippen molar-refractivity contribution in [2.45, 2.75) is 70.4 Å². The van der Waals surface area contributed by atoms with Gasteiger partial charge in [-0.2, -0.15) is 0 Å². The predicted octanol–water partition coefficient (Wildman–Crippen LogP) is 8.26. The molecule has 0 saturated carbocycles. The van der Waals surface area contributed by atoms with Gasteiger partial charge in [0.1, 0.15) is 37.7 Å². The molecule has 1 amide bonds. The van der Waals surface area contributed by atoms with Gasteiger partial charge in [-0.1, -0.05) is 141 Å². The molecule has 0 aliphatic rings. The standard InChI is InChI=1S/C45H50N2O7Si/c1-55(2,3)25-24-51-44(49)41(47-45(50)54-32-35-18-11-6-12-19-35)29-39-28-38(22-23-42(39)52-30-33-14-7-4-8-15-33)37-21-13-20-36(26-37)27-40(46)43(48)53-31-34-16-9-5-10-17-34/h4-23,26,28,40-41H,24-25,27,29-32,46H2,1-3H3,(H,47,50)/t40-,41-/m0/s1. The molecular weight excluding hydrogens is 709 g/mol. The van der Waals surface area contributed by atoms with Crippen LogP contribution in [0, 0.1) is 0 Å². The molecule has 3 N–H and O–H groups in total. The van der Waals surface area contributed by atoms with Gasteiger partial charge in [-0.25, -0.2) is 9.59 Å². The van der Waals surface area contributed by atoms with Gasteiger partial charge in [0, 0.05) is 14.5 Å². The van der Waals surface area contributed by atoms with Crippen LogP contribution in [-0.4, -0.2) is 44.8 Å². The van der Waals surface area contributed by atoms with E-state index in [4.69, 9.17) is 24.7 Å². The highest BCUT2D eigenvalue weighted by Gasteiger charge is 2.27. The van der Waals surface area contributed by atoms with E-state index in [0.29, 0.717) is 17.9 Å².